The Balaban J connectivity index is 2.40. The number of carbonyl (C=O) groups is 2. The molecule has 0 heterocycles. The highest BCUT2D eigenvalue weighted by atomic mass is 16.5. The Morgan fingerprint density at radius 2 is 1.86 bits per heavy atom. The number of hydrogen-bond donors (Lipinski definition) is 1. The predicted octanol–water partition coefficient (Wildman–Crippen LogP) is 1.20. The number of nitrogens with one attached hydrogen (secondary N) is 1. The van der Waals surface area contributed by atoms with E-state index < -0.39 is 0 Å². The van der Waals surface area contributed by atoms with E-state index in [4.69, 9.17) is 9.47 Å². The van der Waals surface area contributed by atoms with Gasteiger partial charge in [-0.3, -0.25) is 9.59 Å². The molecule has 1 aromatic carbocycles. The van der Waals surface area contributed by atoms with Crippen molar-refractivity contribution in [2.24, 2.45) is 0 Å². The minimum absolute atomic E-state index is 0.0647. The van der Waals surface area contributed by atoms with E-state index in [1.54, 1.807) is 14.2 Å². The Morgan fingerprint density at radius 3 is 2.41 bits per heavy atom. The van der Waals surface area contributed by atoms with Crippen molar-refractivity contribution in [3.63, 3.8) is 0 Å². The first-order chi connectivity index (χ1) is 10.6. The second kappa shape index (κ2) is 9.78. The van der Waals surface area contributed by atoms with E-state index in [1.165, 1.54) is 11.8 Å². The Kier molecular flexibility index (Phi) is 7.99. The molecule has 1 aromatic rings. The van der Waals surface area contributed by atoms with E-state index in [-0.39, 0.29) is 18.4 Å². The summed E-state index contributed by atoms with van der Waals surface area (Å²) in [4.78, 5) is 25.0. The molecule has 1 N–H and O–H groups in total. The number of benzene rings is 1. The lowest BCUT2D eigenvalue weighted by Gasteiger charge is -2.20. The summed E-state index contributed by atoms with van der Waals surface area (Å²) in [7, 11) is 3.22. The van der Waals surface area contributed by atoms with Crippen LogP contribution in [0.5, 0.6) is 5.75 Å². The molecule has 22 heavy (non-hydrogen) atoms. The van der Waals surface area contributed by atoms with E-state index in [2.05, 4.69) is 5.32 Å². The number of ether oxygens (including phenoxy) is 2. The fourth-order valence-electron chi connectivity index (χ4n) is 1.92. The quantitative estimate of drug-likeness (QED) is 0.696. The molecule has 1 rings (SSSR count). The lowest BCUT2D eigenvalue weighted by atomic mass is 10.2. The standard InChI is InChI=1S/C16H24N2O4/c1-13(19)18(9-4-10-21-2)12-16(20)17-11-14-5-7-15(22-3)8-6-14/h5-8H,4,9-12H2,1-3H3,(H,17,20). The summed E-state index contributed by atoms with van der Waals surface area (Å²) in [6.07, 6.45) is 0.710. The molecule has 0 atom stereocenters. The number of nitrogens with zero attached hydrogens (tertiary/aromatic N) is 1. The normalized spacial score (nSPS) is 10.1. The molecule has 0 saturated carbocycles. The Labute approximate surface area is 131 Å². The molecular formula is C16H24N2O4. The predicted molar refractivity (Wildman–Crippen MR) is 83.6 cm³/mol. The summed E-state index contributed by atoms with van der Waals surface area (Å²) in [6.45, 7) is 3.03. The molecule has 0 aliphatic carbocycles. The lowest BCUT2D eigenvalue weighted by Crippen LogP contribution is -2.40. The molecule has 0 aliphatic rings. The zero-order valence-electron chi connectivity index (χ0n) is 13.4. The monoisotopic (exact) mass is 308 g/mol. The molecule has 122 valence electrons. The number of hydrogen-bond acceptors (Lipinski definition) is 4. The lowest BCUT2D eigenvalue weighted by molar-refractivity contribution is -0.134. The molecule has 0 aromatic heterocycles. The number of carbonyl (C=O) groups excluding carboxylic acids is 2. The maximum Gasteiger partial charge on any atom is 0.239 e. The summed E-state index contributed by atoms with van der Waals surface area (Å²) < 4.78 is 10.0. The van der Waals surface area contributed by atoms with Gasteiger partial charge in [-0.05, 0) is 24.1 Å². The van der Waals surface area contributed by atoms with Crippen molar-refractivity contribution in [3.8, 4) is 5.75 Å². The van der Waals surface area contributed by atoms with E-state index in [9.17, 15) is 9.59 Å². The van der Waals surface area contributed by atoms with Crippen molar-refractivity contribution >= 4 is 11.8 Å². The van der Waals surface area contributed by atoms with E-state index >= 15 is 0 Å². The Hall–Kier alpha value is -2.08. The summed E-state index contributed by atoms with van der Waals surface area (Å²) in [5.41, 5.74) is 0.975. The van der Waals surface area contributed by atoms with Crippen LogP contribution in [0.15, 0.2) is 24.3 Å². The molecule has 0 spiro atoms. The van der Waals surface area contributed by atoms with Gasteiger partial charge in [0.05, 0.1) is 13.7 Å². The summed E-state index contributed by atoms with van der Waals surface area (Å²) >= 11 is 0. The molecule has 0 radical (unpaired) electrons. The van der Waals surface area contributed by atoms with Crippen LogP contribution in [0.4, 0.5) is 0 Å². The average Bonchev–Trinajstić information content (AvgIpc) is 2.52. The van der Waals surface area contributed by atoms with Crippen molar-refractivity contribution in [3.05, 3.63) is 29.8 Å². The minimum atomic E-state index is -0.177. The number of methoxy groups -OCH3 is 2. The van der Waals surface area contributed by atoms with Gasteiger partial charge in [-0.25, -0.2) is 0 Å². The third-order valence-electron chi connectivity index (χ3n) is 3.21. The highest BCUT2D eigenvalue weighted by molar-refractivity contribution is 5.83. The van der Waals surface area contributed by atoms with Gasteiger partial charge in [0.2, 0.25) is 11.8 Å². The van der Waals surface area contributed by atoms with Gasteiger partial charge in [-0.1, -0.05) is 12.1 Å². The molecule has 0 aliphatic heterocycles. The third-order valence-corrected chi connectivity index (χ3v) is 3.21. The van der Waals surface area contributed by atoms with Gasteiger partial charge < -0.3 is 19.7 Å². The highest BCUT2D eigenvalue weighted by Gasteiger charge is 2.12. The maximum atomic E-state index is 11.9. The fraction of sp³-hybridized carbons (Fsp3) is 0.500. The van der Waals surface area contributed by atoms with Crippen molar-refractivity contribution < 1.29 is 19.1 Å². The summed E-state index contributed by atoms with van der Waals surface area (Å²) in [6, 6.07) is 7.46. The molecule has 0 unspecified atom stereocenters. The van der Waals surface area contributed by atoms with E-state index in [0.29, 0.717) is 26.1 Å². The highest BCUT2D eigenvalue weighted by Crippen LogP contribution is 2.10. The van der Waals surface area contributed by atoms with Crippen LogP contribution in [0.1, 0.15) is 18.9 Å². The molecule has 2 amide bonds. The van der Waals surface area contributed by atoms with E-state index in [1.807, 2.05) is 24.3 Å². The van der Waals surface area contributed by atoms with Gasteiger partial charge >= 0.3 is 0 Å². The molecular weight excluding hydrogens is 284 g/mol. The van der Waals surface area contributed by atoms with Crippen LogP contribution in [0, 0.1) is 0 Å². The van der Waals surface area contributed by atoms with Crippen LogP contribution in [0.2, 0.25) is 0 Å². The van der Waals surface area contributed by atoms with Crippen molar-refractivity contribution in [1.29, 1.82) is 0 Å². The van der Waals surface area contributed by atoms with Gasteiger partial charge in [0.1, 0.15) is 5.75 Å². The van der Waals surface area contributed by atoms with Crippen LogP contribution in [0.3, 0.4) is 0 Å². The van der Waals surface area contributed by atoms with Gasteiger partial charge in [0.15, 0.2) is 0 Å². The van der Waals surface area contributed by atoms with Gasteiger partial charge in [-0.15, -0.1) is 0 Å². The van der Waals surface area contributed by atoms with Crippen LogP contribution in [-0.2, 0) is 20.9 Å². The average molecular weight is 308 g/mol. The van der Waals surface area contributed by atoms with Crippen molar-refractivity contribution in [2.45, 2.75) is 19.9 Å². The van der Waals surface area contributed by atoms with Crippen LogP contribution >= 0.6 is 0 Å². The zero-order valence-corrected chi connectivity index (χ0v) is 13.4. The first kappa shape index (κ1) is 18.0. The summed E-state index contributed by atoms with van der Waals surface area (Å²) in [5.74, 6) is 0.482. The molecule has 6 heteroatoms. The third kappa shape index (κ3) is 6.58. The van der Waals surface area contributed by atoms with Gasteiger partial charge in [-0.2, -0.15) is 0 Å². The Bertz CT molecular complexity index is 474. The first-order valence-corrected chi connectivity index (χ1v) is 7.21. The maximum absolute atomic E-state index is 11.9. The van der Waals surface area contributed by atoms with Crippen LogP contribution < -0.4 is 10.1 Å². The largest absolute Gasteiger partial charge is 0.497 e. The van der Waals surface area contributed by atoms with Gasteiger partial charge in [0.25, 0.3) is 0 Å². The van der Waals surface area contributed by atoms with Crippen molar-refractivity contribution in [2.75, 3.05) is 33.9 Å². The van der Waals surface area contributed by atoms with Gasteiger partial charge in [0, 0.05) is 33.7 Å². The second-order valence-electron chi connectivity index (χ2n) is 4.91. The number of amides is 2. The summed E-state index contributed by atoms with van der Waals surface area (Å²) in [5, 5.41) is 2.81. The smallest absolute Gasteiger partial charge is 0.239 e. The second-order valence-corrected chi connectivity index (χ2v) is 4.91. The SMILES string of the molecule is COCCCN(CC(=O)NCc1ccc(OC)cc1)C(C)=O. The molecule has 6 nitrogen and oxygen atoms in total. The molecule has 0 saturated heterocycles. The van der Waals surface area contributed by atoms with Crippen molar-refractivity contribution in [1.82, 2.24) is 10.2 Å². The number of rotatable bonds is 9. The molecule has 0 fully saturated rings. The minimum Gasteiger partial charge on any atom is -0.497 e. The zero-order chi connectivity index (χ0) is 16.4. The van der Waals surface area contributed by atoms with Crippen LogP contribution in [0.25, 0.3) is 0 Å². The van der Waals surface area contributed by atoms with E-state index in [0.717, 1.165) is 11.3 Å². The topological polar surface area (TPSA) is 67.9 Å². The Morgan fingerprint density at radius 1 is 1.18 bits per heavy atom. The first-order valence-electron chi connectivity index (χ1n) is 7.21. The van der Waals surface area contributed by atoms with Crippen LogP contribution in [-0.4, -0.2) is 50.6 Å². The fourth-order valence-corrected chi connectivity index (χ4v) is 1.92. The molecule has 0 bridgehead atoms.